The molecule has 0 radical (unpaired) electrons. The van der Waals surface area contributed by atoms with Crippen molar-refractivity contribution in [2.75, 3.05) is 11.9 Å². The predicted molar refractivity (Wildman–Crippen MR) is 146 cm³/mol. The highest BCUT2D eigenvalue weighted by Crippen LogP contribution is 2.43. The van der Waals surface area contributed by atoms with Gasteiger partial charge in [0.2, 0.25) is 0 Å². The molecule has 2 amide bonds. The molecule has 8 nitrogen and oxygen atoms in total. The fraction of sp³-hybridized carbons (Fsp3) is 0.276. The molecule has 15 heteroatoms. The predicted octanol–water partition coefficient (Wildman–Crippen LogP) is 6.71. The van der Waals surface area contributed by atoms with E-state index in [4.69, 9.17) is 11.6 Å². The number of aliphatic hydroxyl groups is 1. The molecule has 3 N–H and O–H groups in total. The summed E-state index contributed by atoms with van der Waals surface area (Å²) in [6, 6.07) is 7.98. The number of hydrazine groups is 1. The van der Waals surface area contributed by atoms with E-state index in [0.717, 1.165) is 18.3 Å². The monoisotopic (exact) mass is 640 g/mol. The number of aliphatic hydroxyl groups excluding tert-OH is 1. The van der Waals surface area contributed by atoms with Crippen LogP contribution in [0.4, 0.5) is 32.0 Å². The van der Waals surface area contributed by atoms with Crippen LogP contribution in [0.25, 0.3) is 11.1 Å². The van der Waals surface area contributed by atoms with Crippen molar-refractivity contribution in [1.82, 2.24) is 15.0 Å². The first-order chi connectivity index (χ1) is 20.5. The van der Waals surface area contributed by atoms with Crippen molar-refractivity contribution in [3.8, 4) is 16.9 Å². The Morgan fingerprint density at radius 1 is 1.05 bits per heavy atom. The highest BCUT2D eigenvalue weighted by Gasteiger charge is 2.52. The second-order valence-corrected chi connectivity index (χ2v) is 10.9. The molecular weight excluding hydrogens is 618 g/mol. The minimum Gasteiger partial charge on any atom is -0.509 e. The minimum atomic E-state index is -4.82. The zero-order valence-electron chi connectivity index (χ0n) is 22.7. The van der Waals surface area contributed by atoms with Crippen LogP contribution in [0.2, 0.25) is 5.02 Å². The number of alkyl halides is 6. The number of fused-ring (bicyclic) bond motifs is 1. The molecule has 2 aliphatic heterocycles. The zero-order valence-corrected chi connectivity index (χ0v) is 23.5. The molecule has 1 saturated heterocycles. The Bertz CT molecular complexity index is 1680. The first-order valence-corrected chi connectivity index (χ1v) is 13.5. The van der Waals surface area contributed by atoms with Crippen LogP contribution in [0, 0.1) is 0 Å². The van der Waals surface area contributed by atoms with E-state index in [1.165, 1.54) is 23.2 Å². The number of nitrogens with zero attached hydrogens (tertiary/aromatic N) is 3. The van der Waals surface area contributed by atoms with Gasteiger partial charge < -0.3 is 15.5 Å². The van der Waals surface area contributed by atoms with E-state index in [2.05, 4.69) is 10.3 Å². The van der Waals surface area contributed by atoms with Crippen molar-refractivity contribution in [1.29, 1.82) is 0 Å². The SMILES string of the molecule is C[C@]12CCCN1N(Cc1ccc(O)c(Cl)c1)C(=O)C(C(=O)Nc1ccc(C(F)(F)F)cc1-c1ccc(C(F)(F)F)nc1)=C2O. The van der Waals surface area contributed by atoms with Gasteiger partial charge in [0.05, 0.1) is 22.7 Å². The Morgan fingerprint density at radius 2 is 1.77 bits per heavy atom. The third kappa shape index (κ3) is 5.66. The number of hydrogen-bond acceptors (Lipinski definition) is 6. The number of aromatic hydroxyl groups is 1. The molecule has 0 unspecified atom stereocenters. The van der Waals surface area contributed by atoms with E-state index in [0.29, 0.717) is 43.1 Å². The molecule has 232 valence electrons. The lowest BCUT2D eigenvalue weighted by molar-refractivity contribution is -0.160. The molecule has 0 aliphatic carbocycles. The highest BCUT2D eigenvalue weighted by atomic mass is 35.5. The highest BCUT2D eigenvalue weighted by molar-refractivity contribution is 6.32. The third-order valence-electron chi connectivity index (χ3n) is 7.62. The first-order valence-electron chi connectivity index (χ1n) is 13.1. The molecular formula is C29H23ClF6N4O4. The Labute approximate surface area is 251 Å². The smallest absolute Gasteiger partial charge is 0.433 e. The lowest BCUT2D eigenvalue weighted by atomic mass is 9.90. The normalized spacial score (nSPS) is 19.4. The Kier molecular flexibility index (Phi) is 7.79. The summed E-state index contributed by atoms with van der Waals surface area (Å²) in [7, 11) is 0. The van der Waals surface area contributed by atoms with E-state index < -0.39 is 52.3 Å². The molecule has 3 aromatic rings. The standard InChI is InChI=1S/C29H23ClF6N4O4/c1-27-9-2-10-40(27)39(14-15-3-7-21(41)19(30)11-15)26(44)23(24(27)42)25(43)38-20-6-5-17(28(31,32)33)12-18(20)16-4-8-22(37-13-16)29(34,35)36/h3-8,11-13,41-42H,2,9-10,14H2,1H3,(H,38,43)/t27-/m1/s1. The quantitative estimate of drug-likeness (QED) is 0.212. The minimum absolute atomic E-state index is 0.0279. The van der Waals surface area contributed by atoms with Crippen LogP contribution in [0.15, 0.2) is 66.1 Å². The Balaban J connectivity index is 1.53. The fourth-order valence-electron chi connectivity index (χ4n) is 5.34. The first kappa shape index (κ1) is 31.1. The third-order valence-corrected chi connectivity index (χ3v) is 7.92. The average molecular weight is 641 g/mol. The number of halogens is 7. The lowest BCUT2D eigenvalue weighted by Gasteiger charge is -2.46. The van der Waals surface area contributed by atoms with Gasteiger partial charge in [-0.25, -0.2) is 5.01 Å². The number of amides is 2. The van der Waals surface area contributed by atoms with E-state index in [9.17, 15) is 46.1 Å². The zero-order chi connectivity index (χ0) is 32.2. The van der Waals surface area contributed by atoms with Gasteiger partial charge in [0.15, 0.2) is 0 Å². The number of hydrogen-bond donors (Lipinski definition) is 3. The molecule has 1 aromatic heterocycles. The maximum Gasteiger partial charge on any atom is 0.433 e. The molecule has 0 bridgehead atoms. The summed E-state index contributed by atoms with van der Waals surface area (Å²) in [5.74, 6) is -2.77. The summed E-state index contributed by atoms with van der Waals surface area (Å²) < 4.78 is 79.8. The van der Waals surface area contributed by atoms with Crippen molar-refractivity contribution >= 4 is 29.1 Å². The molecule has 2 aromatic carbocycles. The second kappa shape index (κ2) is 11.0. The van der Waals surface area contributed by atoms with Crippen molar-refractivity contribution in [3.05, 3.63) is 87.9 Å². The number of benzene rings is 2. The number of rotatable bonds is 5. The number of phenolic OH excluding ortho intramolecular Hbond substituents is 1. The van der Waals surface area contributed by atoms with E-state index in [1.807, 2.05) is 0 Å². The van der Waals surface area contributed by atoms with Crippen molar-refractivity contribution in [3.63, 3.8) is 0 Å². The molecule has 2 aliphatic rings. The number of anilines is 1. The Morgan fingerprint density at radius 3 is 2.39 bits per heavy atom. The number of nitrogens with one attached hydrogen (secondary N) is 1. The second-order valence-electron chi connectivity index (χ2n) is 10.5. The molecule has 3 heterocycles. The summed E-state index contributed by atoms with van der Waals surface area (Å²) in [5.41, 5.74) is -4.52. The largest absolute Gasteiger partial charge is 0.509 e. The van der Waals surface area contributed by atoms with Gasteiger partial charge in [-0.1, -0.05) is 23.7 Å². The van der Waals surface area contributed by atoms with Crippen LogP contribution < -0.4 is 5.32 Å². The van der Waals surface area contributed by atoms with Gasteiger partial charge in [0.25, 0.3) is 11.8 Å². The molecule has 0 spiro atoms. The van der Waals surface area contributed by atoms with Crippen LogP contribution >= 0.6 is 11.6 Å². The van der Waals surface area contributed by atoms with Gasteiger partial charge in [-0.2, -0.15) is 26.3 Å². The van der Waals surface area contributed by atoms with E-state index in [1.54, 1.807) is 11.9 Å². The van der Waals surface area contributed by atoms with E-state index in [-0.39, 0.29) is 34.1 Å². The molecule has 1 atom stereocenters. The van der Waals surface area contributed by atoms with Crippen LogP contribution in [0.3, 0.4) is 0 Å². The maximum absolute atomic E-state index is 13.7. The summed E-state index contributed by atoms with van der Waals surface area (Å²) >= 11 is 6.02. The Hall–Kier alpha value is -4.30. The van der Waals surface area contributed by atoms with Crippen molar-refractivity contribution in [2.24, 2.45) is 0 Å². The van der Waals surface area contributed by atoms with Crippen LogP contribution in [0.5, 0.6) is 5.75 Å². The summed E-state index contributed by atoms with van der Waals surface area (Å²) in [5, 5.41) is 26.3. The maximum atomic E-state index is 13.7. The molecule has 1 fully saturated rings. The van der Waals surface area contributed by atoms with Gasteiger partial charge in [0.1, 0.15) is 22.8 Å². The molecule has 44 heavy (non-hydrogen) atoms. The summed E-state index contributed by atoms with van der Waals surface area (Å²) in [6.45, 7) is 1.89. The van der Waals surface area contributed by atoms with Crippen molar-refractivity contribution in [2.45, 2.75) is 44.2 Å². The summed E-state index contributed by atoms with van der Waals surface area (Å²) in [4.78, 5) is 30.7. The van der Waals surface area contributed by atoms with Gasteiger partial charge in [-0.3, -0.25) is 19.6 Å². The van der Waals surface area contributed by atoms with Crippen LogP contribution in [-0.4, -0.2) is 49.1 Å². The van der Waals surface area contributed by atoms with E-state index >= 15 is 0 Å². The van der Waals surface area contributed by atoms with Crippen molar-refractivity contribution < 1.29 is 46.1 Å². The van der Waals surface area contributed by atoms with Gasteiger partial charge in [-0.15, -0.1) is 0 Å². The fourth-order valence-corrected chi connectivity index (χ4v) is 5.55. The van der Waals surface area contributed by atoms with Gasteiger partial charge in [0, 0.05) is 29.6 Å². The number of phenols is 1. The lowest BCUT2D eigenvalue weighted by Crippen LogP contribution is -2.60. The number of aromatic nitrogens is 1. The topological polar surface area (TPSA) is 106 Å². The number of pyridine rings is 1. The van der Waals surface area contributed by atoms with Gasteiger partial charge >= 0.3 is 12.4 Å². The van der Waals surface area contributed by atoms with Gasteiger partial charge in [-0.05, 0) is 61.7 Å². The number of carbonyl (C=O) groups is 2. The number of carbonyl (C=O) groups excluding carboxylic acids is 2. The van der Waals surface area contributed by atoms with Crippen LogP contribution in [-0.2, 0) is 28.5 Å². The average Bonchev–Trinajstić information content (AvgIpc) is 3.35. The van der Waals surface area contributed by atoms with Crippen LogP contribution in [0.1, 0.15) is 36.6 Å². The molecule has 0 saturated carbocycles. The summed E-state index contributed by atoms with van der Waals surface area (Å²) in [6.07, 6.45) is -7.98. The molecule has 5 rings (SSSR count).